The second kappa shape index (κ2) is 5.43. The lowest BCUT2D eigenvalue weighted by Crippen LogP contribution is -2.14. The average molecular weight is 266 g/mol. The quantitative estimate of drug-likeness (QED) is 0.789. The summed E-state index contributed by atoms with van der Waals surface area (Å²) < 4.78 is 1.93. The highest BCUT2D eigenvalue weighted by Crippen LogP contribution is 2.17. The third-order valence-electron chi connectivity index (χ3n) is 3.58. The molecular formula is C16H18N4. The smallest absolute Gasteiger partial charge is 0.0841 e. The average Bonchev–Trinajstić information content (AvgIpc) is 2.78. The number of para-hydroxylation sites is 1. The molecule has 0 aliphatic rings. The number of benzene rings is 1. The number of rotatable bonds is 4. The third-order valence-corrected chi connectivity index (χ3v) is 3.58. The van der Waals surface area contributed by atoms with Crippen LogP contribution < -0.4 is 5.32 Å². The van der Waals surface area contributed by atoms with E-state index in [9.17, 15) is 0 Å². The van der Waals surface area contributed by atoms with Gasteiger partial charge in [-0.2, -0.15) is 5.10 Å². The van der Waals surface area contributed by atoms with Crippen LogP contribution in [0.4, 0.5) is 0 Å². The van der Waals surface area contributed by atoms with E-state index < -0.39 is 0 Å². The van der Waals surface area contributed by atoms with Crippen LogP contribution in [0, 0.1) is 6.92 Å². The van der Waals surface area contributed by atoms with Gasteiger partial charge in [0.2, 0.25) is 0 Å². The fraction of sp³-hybridized carbons (Fsp3) is 0.250. The number of fused-ring (bicyclic) bond motifs is 1. The van der Waals surface area contributed by atoms with E-state index in [4.69, 9.17) is 0 Å². The lowest BCUT2D eigenvalue weighted by atomic mass is 10.1. The van der Waals surface area contributed by atoms with E-state index in [1.807, 2.05) is 30.2 Å². The Kier molecular flexibility index (Phi) is 3.48. The molecule has 0 radical (unpaired) electrons. The molecule has 4 nitrogen and oxygen atoms in total. The zero-order chi connectivity index (χ0) is 13.9. The molecule has 102 valence electrons. The summed E-state index contributed by atoms with van der Waals surface area (Å²) in [6.07, 6.45) is 3.73. The molecule has 3 aromatic rings. The van der Waals surface area contributed by atoms with Crippen LogP contribution in [0.5, 0.6) is 0 Å². The van der Waals surface area contributed by atoms with Crippen molar-refractivity contribution < 1.29 is 0 Å². The number of hydrogen-bond donors (Lipinski definition) is 1. The van der Waals surface area contributed by atoms with Crippen molar-refractivity contribution >= 4 is 10.9 Å². The van der Waals surface area contributed by atoms with E-state index in [0.717, 1.165) is 18.8 Å². The predicted octanol–water partition coefficient (Wildman–Crippen LogP) is 2.57. The van der Waals surface area contributed by atoms with E-state index in [2.05, 4.69) is 46.6 Å². The van der Waals surface area contributed by atoms with E-state index >= 15 is 0 Å². The van der Waals surface area contributed by atoms with Crippen LogP contribution in [-0.4, -0.2) is 14.8 Å². The van der Waals surface area contributed by atoms with Gasteiger partial charge in [0, 0.05) is 37.9 Å². The Morgan fingerprint density at radius 3 is 2.85 bits per heavy atom. The molecule has 0 fully saturated rings. The summed E-state index contributed by atoms with van der Waals surface area (Å²) in [4.78, 5) is 4.11. The minimum atomic E-state index is 0.767. The Hall–Kier alpha value is -2.20. The maximum Gasteiger partial charge on any atom is 0.0841 e. The molecular weight excluding hydrogens is 248 g/mol. The van der Waals surface area contributed by atoms with Gasteiger partial charge >= 0.3 is 0 Å². The molecule has 2 heterocycles. The van der Waals surface area contributed by atoms with Gasteiger partial charge in [0.1, 0.15) is 0 Å². The molecule has 0 atom stereocenters. The van der Waals surface area contributed by atoms with Crippen molar-refractivity contribution in [1.29, 1.82) is 0 Å². The van der Waals surface area contributed by atoms with Gasteiger partial charge in [0.15, 0.2) is 0 Å². The fourth-order valence-corrected chi connectivity index (χ4v) is 2.44. The van der Waals surface area contributed by atoms with Crippen molar-refractivity contribution in [3.63, 3.8) is 0 Å². The van der Waals surface area contributed by atoms with Crippen molar-refractivity contribution in [2.24, 2.45) is 7.05 Å². The van der Waals surface area contributed by atoms with Gasteiger partial charge in [-0.3, -0.25) is 9.67 Å². The summed E-state index contributed by atoms with van der Waals surface area (Å²) in [6.45, 7) is 3.68. The maximum absolute atomic E-state index is 4.59. The minimum Gasteiger partial charge on any atom is -0.307 e. The monoisotopic (exact) mass is 266 g/mol. The molecule has 0 unspecified atom stereocenters. The van der Waals surface area contributed by atoms with Gasteiger partial charge in [-0.1, -0.05) is 18.2 Å². The Morgan fingerprint density at radius 1 is 1.15 bits per heavy atom. The van der Waals surface area contributed by atoms with Crippen molar-refractivity contribution in [1.82, 2.24) is 20.1 Å². The number of hydrogen-bond acceptors (Lipinski definition) is 3. The Bertz CT molecular complexity index is 730. The number of nitrogens with zero attached hydrogens (tertiary/aromatic N) is 3. The second-order valence-corrected chi connectivity index (χ2v) is 4.99. The molecule has 0 bridgehead atoms. The first-order valence-corrected chi connectivity index (χ1v) is 6.76. The first-order valence-electron chi connectivity index (χ1n) is 6.76. The number of aromatic nitrogens is 3. The summed E-state index contributed by atoms with van der Waals surface area (Å²) >= 11 is 0. The summed E-state index contributed by atoms with van der Waals surface area (Å²) in [6, 6.07) is 10.4. The summed E-state index contributed by atoms with van der Waals surface area (Å²) in [7, 11) is 1.98. The van der Waals surface area contributed by atoms with Crippen LogP contribution >= 0.6 is 0 Å². The predicted molar refractivity (Wildman–Crippen MR) is 80.2 cm³/mol. The molecule has 0 amide bonds. The summed E-state index contributed by atoms with van der Waals surface area (Å²) in [5, 5.41) is 9.26. The lowest BCUT2D eigenvalue weighted by Gasteiger charge is -2.06. The number of nitrogens with one attached hydrogen (secondary N) is 1. The fourth-order valence-electron chi connectivity index (χ4n) is 2.44. The maximum atomic E-state index is 4.59. The molecule has 2 aromatic heterocycles. The molecule has 0 spiro atoms. The van der Waals surface area contributed by atoms with E-state index in [0.29, 0.717) is 0 Å². The van der Waals surface area contributed by atoms with Gasteiger partial charge in [-0.15, -0.1) is 0 Å². The molecule has 0 saturated carbocycles. The standard InChI is InChI=1S/C16H18N4/c1-12-9-17-8-7-13(12)10-18-11-15-14-5-3-4-6-16(14)20(2)19-15/h3-9,18H,10-11H2,1-2H3. The van der Waals surface area contributed by atoms with Gasteiger partial charge in [-0.05, 0) is 30.2 Å². The van der Waals surface area contributed by atoms with E-state index in [-0.39, 0.29) is 0 Å². The van der Waals surface area contributed by atoms with Crippen molar-refractivity contribution in [2.75, 3.05) is 0 Å². The summed E-state index contributed by atoms with van der Waals surface area (Å²) in [5.41, 5.74) is 4.75. The van der Waals surface area contributed by atoms with Gasteiger partial charge < -0.3 is 5.32 Å². The largest absolute Gasteiger partial charge is 0.307 e. The minimum absolute atomic E-state index is 0.767. The Morgan fingerprint density at radius 2 is 2.00 bits per heavy atom. The molecule has 0 saturated heterocycles. The zero-order valence-corrected chi connectivity index (χ0v) is 11.8. The molecule has 4 heteroatoms. The van der Waals surface area contributed by atoms with Crippen LogP contribution in [0.1, 0.15) is 16.8 Å². The van der Waals surface area contributed by atoms with Gasteiger partial charge in [-0.25, -0.2) is 0 Å². The zero-order valence-electron chi connectivity index (χ0n) is 11.8. The Labute approximate surface area is 118 Å². The third kappa shape index (κ3) is 2.42. The highest BCUT2D eigenvalue weighted by Gasteiger charge is 2.07. The van der Waals surface area contributed by atoms with Crippen molar-refractivity contribution in [3.05, 3.63) is 59.5 Å². The molecule has 1 N–H and O–H groups in total. The van der Waals surface area contributed by atoms with Crippen LogP contribution in [0.15, 0.2) is 42.7 Å². The van der Waals surface area contributed by atoms with Crippen LogP contribution in [0.25, 0.3) is 10.9 Å². The van der Waals surface area contributed by atoms with E-state index in [1.165, 1.54) is 22.0 Å². The molecule has 3 rings (SSSR count). The first kappa shape index (κ1) is 12.8. The van der Waals surface area contributed by atoms with Crippen LogP contribution in [0.3, 0.4) is 0 Å². The van der Waals surface area contributed by atoms with Gasteiger partial charge in [0.05, 0.1) is 11.2 Å². The van der Waals surface area contributed by atoms with Crippen LogP contribution in [-0.2, 0) is 20.1 Å². The van der Waals surface area contributed by atoms with Crippen molar-refractivity contribution in [2.45, 2.75) is 20.0 Å². The number of aryl methyl sites for hydroxylation is 2. The first-order chi connectivity index (χ1) is 9.75. The van der Waals surface area contributed by atoms with Crippen LogP contribution in [0.2, 0.25) is 0 Å². The topological polar surface area (TPSA) is 42.7 Å². The highest BCUT2D eigenvalue weighted by molar-refractivity contribution is 5.81. The Balaban J connectivity index is 1.73. The normalized spacial score (nSPS) is 11.1. The highest BCUT2D eigenvalue weighted by atomic mass is 15.3. The van der Waals surface area contributed by atoms with E-state index in [1.54, 1.807) is 0 Å². The molecule has 20 heavy (non-hydrogen) atoms. The van der Waals surface area contributed by atoms with Gasteiger partial charge in [0.25, 0.3) is 0 Å². The molecule has 0 aliphatic heterocycles. The molecule has 1 aromatic carbocycles. The van der Waals surface area contributed by atoms with Crippen molar-refractivity contribution in [3.8, 4) is 0 Å². The summed E-state index contributed by atoms with van der Waals surface area (Å²) in [5.74, 6) is 0. The SMILES string of the molecule is Cc1cnccc1CNCc1nn(C)c2ccccc12. The number of pyridine rings is 1. The molecule has 0 aliphatic carbocycles. The lowest BCUT2D eigenvalue weighted by molar-refractivity contribution is 0.659. The second-order valence-electron chi connectivity index (χ2n) is 4.99.